The van der Waals surface area contributed by atoms with Crippen molar-refractivity contribution in [3.63, 3.8) is 0 Å². The molecule has 0 aromatic rings. The summed E-state index contributed by atoms with van der Waals surface area (Å²) >= 11 is 5.57. The first-order valence-electron chi connectivity index (χ1n) is 5.61. The lowest BCUT2D eigenvalue weighted by Gasteiger charge is -2.28. The van der Waals surface area contributed by atoms with Gasteiger partial charge in [-0.15, -0.1) is 24.0 Å². The smallest absolute Gasteiger partial charge is 0.330 e. The summed E-state index contributed by atoms with van der Waals surface area (Å²) in [4.78, 5) is 11.9. The second-order valence-electron chi connectivity index (χ2n) is 3.83. The molecule has 0 saturated carbocycles. The molecular formula is C11H17Cl2F2NO2. The molecule has 1 atom stereocenters. The Kier molecular flexibility index (Phi) is 7.75. The van der Waals surface area contributed by atoms with Crippen LogP contribution < -0.4 is 5.32 Å². The van der Waals surface area contributed by atoms with Gasteiger partial charge in [0.1, 0.15) is 5.54 Å². The van der Waals surface area contributed by atoms with Crippen LogP contribution in [0.2, 0.25) is 0 Å². The molecule has 1 aliphatic rings. The highest BCUT2D eigenvalue weighted by atomic mass is 35.5. The molecule has 0 bridgehead atoms. The summed E-state index contributed by atoms with van der Waals surface area (Å²) in [6.45, 7) is 2.18. The van der Waals surface area contributed by atoms with Crippen molar-refractivity contribution in [1.82, 2.24) is 5.32 Å². The minimum atomic E-state index is -1.79. The molecule has 106 valence electrons. The predicted molar refractivity (Wildman–Crippen MR) is 68.4 cm³/mol. The van der Waals surface area contributed by atoms with Gasteiger partial charge in [0, 0.05) is 18.0 Å². The number of alkyl halides is 1. The third-order valence-corrected chi connectivity index (χ3v) is 3.12. The van der Waals surface area contributed by atoms with E-state index in [9.17, 15) is 13.6 Å². The summed E-state index contributed by atoms with van der Waals surface area (Å²) in [5, 5.41) is 2.85. The van der Waals surface area contributed by atoms with Crippen LogP contribution in [0.4, 0.5) is 8.78 Å². The lowest BCUT2D eigenvalue weighted by Crippen LogP contribution is -2.50. The number of nitrogens with one attached hydrogen (secondary N) is 1. The molecule has 1 saturated heterocycles. The number of hydrogen-bond donors (Lipinski definition) is 1. The van der Waals surface area contributed by atoms with Crippen molar-refractivity contribution < 1.29 is 18.3 Å². The normalized spacial score (nSPS) is 22.6. The fourth-order valence-electron chi connectivity index (χ4n) is 2.10. The maximum Gasteiger partial charge on any atom is 0.330 e. The highest BCUT2D eigenvalue weighted by molar-refractivity contribution is 6.17. The molecule has 1 rings (SSSR count). The van der Waals surface area contributed by atoms with E-state index in [1.807, 2.05) is 0 Å². The summed E-state index contributed by atoms with van der Waals surface area (Å²) < 4.78 is 30.6. The van der Waals surface area contributed by atoms with E-state index in [1.165, 1.54) is 0 Å². The zero-order chi connectivity index (χ0) is 12.9. The predicted octanol–water partition coefficient (Wildman–Crippen LogP) is 2.87. The minimum Gasteiger partial charge on any atom is -0.464 e. The highest BCUT2D eigenvalue weighted by Gasteiger charge is 2.48. The molecular weight excluding hydrogens is 287 g/mol. The molecule has 0 radical (unpaired) electrons. The van der Waals surface area contributed by atoms with E-state index >= 15 is 0 Å². The van der Waals surface area contributed by atoms with Crippen LogP contribution in [0.3, 0.4) is 0 Å². The fraction of sp³-hybridized carbons (Fsp3) is 0.727. The van der Waals surface area contributed by atoms with Crippen molar-refractivity contribution in [2.24, 2.45) is 0 Å². The van der Waals surface area contributed by atoms with Gasteiger partial charge in [-0.1, -0.05) is 0 Å². The van der Waals surface area contributed by atoms with Crippen molar-refractivity contribution >= 4 is 30.0 Å². The van der Waals surface area contributed by atoms with Crippen LogP contribution in [0.25, 0.3) is 0 Å². The van der Waals surface area contributed by atoms with Gasteiger partial charge in [0.15, 0.2) is 0 Å². The van der Waals surface area contributed by atoms with Gasteiger partial charge in [-0.25, -0.2) is 4.79 Å². The number of ether oxygens (including phenoxy) is 1. The molecule has 18 heavy (non-hydrogen) atoms. The zero-order valence-electron chi connectivity index (χ0n) is 10.1. The highest BCUT2D eigenvalue weighted by Crippen LogP contribution is 2.35. The number of carbonyl (C=O) groups is 1. The summed E-state index contributed by atoms with van der Waals surface area (Å²) in [5.41, 5.74) is -1.52. The quantitative estimate of drug-likeness (QED) is 0.627. The number of carbonyl (C=O) groups excluding carboxylic acids is 1. The van der Waals surface area contributed by atoms with Crippen LogP contribution >= 0.6 is 24.0 Å². The Bertz CT molecular complexity index is 322. The Hall–Kier alpha value is -0.390. The second-order valence-corrected chi connectivity index (χ2v) is 4.21. The molecule has 0 spiro atoms. The Labute approximate surface area is 116 Å². The largest absolute Gasteiger partial charge is 0.464 e. The van der Waals surface area contributed by atoms with Crippen LogP contribution in [-0.4, -0.2) is 30.5 Å². The molecule has 1 fully saturated rings. The molecule has 0 aliphatic carbocycles. The zero-order valence-corrected chi connectivity index (χ0v) is 11.7. The maximum absolute atomic E-state index is 12.9. The summed E-state index contributed by atoms with van der Waals surface area (Å²) in [7, 11) is 0. The Morgan fingerprint density at radius 3 is 2.72 bits per heavy atom. The van der Waals surface area contributed by atoms with E-state index in [0.717, 1.165) is 0 Å². The number of hydrogen-bond acceptors (Lipinski definition) is 3. The summed E-state index contributed by atoms with van der Waals surface area (Å²) in [5.74, 6) is -0.310. The van der Waals surface area contributed by atoms with Gasteiger partial charge in [-0.3, -0.25) is 5.32 Å². The third-order valence-electron chi connectivity index (χ3n) is 2.85. The van der Waals surface area contributed by atoms with Gasteiger partial charge in [0.2, 0.25) is 0 Å². The molecule has 0 amide bonds. The van der Waals surface area contributed by atoms with Gasteiger partial charge in [0.05, 0.1) is 6.61 Å². The first-order valence-corrected chi connectivity index (χ1v) is 6.14. The third kappa shape index (κ3) is 3.56. The van der Waals surface area contributed by atoms with E-state index in [0.29, 0.717) is 18.8 Å². The SMILES string of the molecule is CCOC(=O)[C@@]1(CCCCl)NCCC1=C(F)F.Cl. The van der Waals surface area contributed by atoms with E-state index in [2.05, 4.69) is 5.32 Å². The number of rotatable bonds is 5. The number of halogens is 4. The molecule has 7 heteroatoms. The van der Waals surface area contributed by atoms with Crippen LogP contribution in [0.5, 0.6) is 0 Å². The molecule has 1 N–H and O–H groups in total. The molecule has 3 nitrogen and oxygen atoms in total. The van der Waals surface area contributed by atoms with E-state index in [1.54, 1.807) is 6.92 Å². The van der Waals surface area contributed by atoms with Gasteiger partial charge in [0.25, 0.3) is 6.08 Å². The van der Waals surface area contributed by atoms with Crippen molar-refractivity contribution in [2.45, 2.75) is 31.7 Å². The average Bonchev–Trinajstić information content (AvgIpc) is 2.71. The van der Waals surface area contributed by atoms with Crippen molar-refractivity contribution in [2.75, 3.05) is 19.0 Å². The van der Waals surface area contributed by atoms with Crippen molar-refractivity contribution in [3.8, 4) is 0 Å². The monoisotopic (exact) mass is 303 g/mol. The molecule has 0 aromatic heterocycles. The van der Waals surface area contributed by atoms with Gasteiger partial charge in [-0.05, 0) is 26.2 Å². The van der Waals surface area contributed by atoms with Crippen LogP contribution in [0, 0.1) is 0 Å². The van der Waals surface area contributed by atoms with Gasteiger partial charge < -0.3 is 4.74 Å². The standard InChI is InChI=1S/C11H16ClF2NO2.ClH/c1-2-17-10(16)11(5-3-6-12)8(9(13)14)4-7-15-11;/h15H,2-7H2,1H3;1H/t11-;/m0./s1. The maximum atomic E-state index is 12.9. The Morgan fingerprint density at radius 2 is 2.22 bits per heavy atom. The number of esters is 1. The lowest BCUT2D eigenvalue weighted by atomic mass is 9.87. The van der Waals surface area contributed by atoms with E-state index in [-0.39, 0.29) is 37.4 Å². The Morgan fingerprint density at radius 1 is 1.56 bits per heavy atom. The van der Waals surface area contributed by atoms with Crippen LogP contribution in [0.15, 0.2) is 11.7 Å². The molecule has 1 aliphatic heterocycles. The first kappa shape index (κ1) is 17.6. The van der Waals surface area contributed by atoms with Crippen LogP contribution in [-0.2, 0) is 9.53 Å². The average molecular weight is 304 g/mol. The summed E-state index contributed by atoms with van der Waals surface area (Å²) in [6, 6.07) is 0. The van der Waals surface area contributed by atoms with E-state index < -0.39 is 17.6 Å². The van der Waals surface area contributed by atoms with Gasteiger partial charge in [-0.2, -0.15) is 8.78 Å². The molecule has 0 unspecified atom stereocenters. The topological polar surface area (TPSA) is 38.3 Å². The second kappa shape index (κ2) is 7.92. The summed E-state index contributed by atoms with van der Waals surface area (Å²) in [6.07, 6.45) is -0.909. The lowest BCUT2D eigenvalue weighted by molar-refractivity contribution is -0.149. The van der Waals surface area contributed by atoms with Crippen molar-refractivity contribution in [3.05, 3.63) is 11.7 Å². The van der Waals surface area contributed by atoms with Gasteiger partial charge >= 0.3 is 5.97 Å². The van der Waals surface area contributed by atoms with E-state index in [4.69, 9.17) is 16.3 Å². The molecule has 0 aromatic carbocycles. The fourth-order valence-corrected chi connectivity index (χ4v) is 2.23. The van der Waals surface area contributed by atoms with Crippen molar-refractivity contribution in [1.29, 1.82) is 0 Å². The molecule has 1 heterocycles. The van der Waals surface area contributed by atoms with Crippen LogP contribution in [0.1, 0.15) is 26.2 Å². The minimum absolute atomic E-state index is 0. The Balaban J connectivity index is 0.00000289. The first-order chi connectivity index (χ1) is 8.08.